The van der Waals surface area contributed by atoms with Gasteiger partial charge in [0.15, 0.2) is 0 Å². The summed E-state index contributed by atoms with van der Waals surface area (Å²) in [5.41, 5.74) is 3.19. The highest BCUT2D eigenvalue weighted by atomic mass is 32.2. The number of hydrogen-bond donors (Lipinski definition) is 0. The molecule has 4 rings (SSSR count). The molecule has 0 saturated heterocycles. The lowest BCUT2D eigenvalue weighted by atomic mass is 9.47. The topological polar surface area (TPSA) is 48.2 Å². The summed E-state index contributed by atoms with van der Waals surface area (Å²) in [6, 6.07) is 7.70. The Morgan fingerprint density at radius 1 is 1.17 bits per heavy atom. The summed E-state index contributed by atoms with van der Waals surface area (Å²) in [4.78, 5) is 0. The van der Waals surface area contributed by atoms with Crippen LogP contribution in [0.3, 0.4) is 0 Å². The summed E-state index contributed by atoms with van der Waals surface area (Å²) in [5, 5.41) is 9.12. The van der Waals surface area contributed by atoms with Crippen molar-refractivity contribution in [3.8, 4) is 17.2 Å². The maximum absolute atomic E-state index is 5.90. The van der Waals surface area contributed by atoms with E-state index in [0.29, 0.717) is 27.9 Å². The van der Waals surface area contributed by atoms with E-state index >= 15 is 0 Å². The highest BCUT2D eigenvalue weighted by molar-refractivity contribution is 7.99. The lowest BCUT2D eigenvalue weighted by molar-refractivity contribution is -0.0524. The number of nitrogens with zero attached hydrogens (tertiary/aromatic N) is 2. The van der Waals surface area contributed by atoms with Crippen molar-refractivity contribution in [1.29, 1.82) is 0 Å². The average Bonchev–Trinajstić information content (AvgIpc) is 3.18. The SMILES string of the molecule is C=C1CC[C@@H]2C(C)(C)CCC[C@]2(C)[C@@H]1CCSc1nnc(-c2ccc(OC)cc2)o1. The fourth-order valence-electron chi connectivity index (χ4n) is 6.19. The van der Waals surface area contributed by atoms with Crippen LogP contribution in [0.25, 0.3) is 11.5 Å². The fourth-order valence-corrected chi connectivity index (χ4v) is 6.95. The van der Waals surface area contributed by atoms with Gasteiger partial charge in [0.05, 0.1) is 7.11 Å². The highest BCUT2D eigenvalue weighted by Crippen LogP contribution is 2.61. The lowest BCUT2D eigenvalue weighted by Gasteiger charge is -2.58. The summed E-state index contributed by atoms with van der Waals surface area (Å²) in [6.07, 6.45) is 7.65. The number of rotatable bonds is 6. The van der Waals surface area contributed by atoms with Crippen LogP contribution in [-0.2, 0) is 0 Å². The Bertz CT molecular complexity index is 889. The van der Waals surface area contributed by atoms with E-state index in [1.165, 1.54) is 37.7 Å². The normalized spacial score (nSPS) is 28.2. The molecule has 30 heavy (non-hydrogen) atoms. The minimum absolute atomic E-state index is 0.376. The van der Waals surface area contributed by atoms with Gasteiger partial charge >= 0.3 is 0 Å². The maximum Gasteiger partial charge on any atom is 0.276 e. The van der Waals surface area contributed by atoms with Crippen LogP contribution in [0.15, 0.2) is 46.1 Å². The molecule has 5 heteroatoms. The van der Waals surface area contributed by atoms with Crippen molar-refractivity contribution < 1.29 is 9.15 Å². The summed E-state index contributed by atoms with van der Waals surface area (Å²) in [6.45, 7) is 12.0. The minimum Gasteiger partial charge on any atom is -0.497 e. The van der Waals surface area contributed by atoms with Gasteiger partial charge in [-0.15, -0.1) is 10.2 Å². The zero-order valence-corrected chi connectivity index (χ0v) is 19.6. The summed E-state index contributed by atoms with van der Waals surface area (Å²) in [5.74, 6) is 3.75. The molecule has 0 amide bonds. The van der Waals surface area contributed by atoms with Gasteiger partial charge in [0, 0.05) is 11.3 Å². The molecule has 2 aromatic rings. The standard InChI is InChI=1S/C25H34N2O2S/c1-17-7-12-21-24(2,3)14-6-15-25(21,4)20(17)13-16-30-23-27-26-22(29-23)18-8-10-19(28-5)11-9-18/h8-11,20-21H,1,6-7,12-16H2,2-5H3/t20-,21-,25-/m1/s1. The van der Waals surface area contributed by atoms with Crippen LogP contribution in [0.2, 0.25) is 0 Å². The fraction of sp³-hybridized carbons (Fsp3) is 0.600. The first-order valence-electron chi connectivity index (χ1n) is 11.1. The van der Waals surface area contributed by atoms with Crippen LogP contribution >= 0.6 is 11.8 Å². The van der Waals surface area contributed by atoms with Crippen LogP contribution in [-0.4, -0.2) is 23.1 Å². The van der Waals surface area contributed by atoms with Crippen molar-refractivity contribution in [3.05, 3.63) is 36.4 Å². The van der Waals surface area contributed by atoms with E-state index in [-0.39, 0.29) is 0 Å². The van der Waals surface area contributed by atoms with Crippen LogP contribution in [0.5, 0.6) is 5.75 Å². The van der Waals surface area contributed by atoms with E-state index in [9.17, 15) is 0 Å². The zero-order chi connectivity index (χ0) is 21.4. The number of aromatic nitrogens is 2. The number of methoxy groups -OCH3 is 1. The molecule has 162 valence electrons. The molecule has 1 heterocycles. The first kappa shape index (κ1) is 21.5. The first-order valence-corrected chi connectivity index (χ1v) is 12.1. The molecule has 3 atom stereocenters. The van der Waals surface area contributed by atoms with Gasteiger partial charge in [-0.25, -0.2) is 0 Å². The first-order chi connectivity index (χ1) is 14.3. The van der Waals surface area contributed by atoms with Gasteiger partial charge in [0.1, 0.15) is 5.75 Å². The van der Waals surface area contributed by atoms with Crippen LogP contribution in [0, 0.1) is 22.7 Å². The molecule has 4 nitrogen and oxygen atoms in total. The number of fused-ring (bicyclic) bond motifs is 1. The molecule has 2 saturated carbocycles. The largest absolute Gasteiger partial charge is 0.497 e. The quantitative estimate of drug-likeness (QED) is 0.367. The third kappa shape index (κ3) is 4.05. The van der Waals surface area contributed by atoms with Crippen LogP contribution in [0.4, 0.5) is 0 Å². The molecule has 0 spiro atoms. The predicted octanol–water partition coefficient (Wildman–Crippen LogP) is 7.03. The van der Waals surface area contributed by atoms with E-state index in [1.54, 1.807) is 18.9 Å². The smallest absolute Gasteiger partial charge is 0.276 e. The Kier molecular flexibility index (Phi) is 6.02. The van der Waals surface area contributed by atoms with E-state index in [4.69, 9.17) is 9.15 Å². The van der Waals surface area contributed by atoms with Crippen molar-refractivity contribution in [1.82, 2.24) is 10.2 Å². The third-order valence-electron chi connectivity index (χ3n) is 7.69. The third-order valence-corrected chi connectivity index (χ3v) is 8.55. The minimum atomic E-state index is 0.376. The molecule has 0 N–H and O–H groups in total. The van der Waals surface area contributed by atoms with E-state index in [2.05, 4.69) is 37.5 Å². The Balaban J connectivity index is 1.40. The lowest BCUT2D eigenvalue weighted by Crippen LogP contribution is -2.49. The number of thioether (sulfide) groups is 1. The van der Waals surface area contributed by atoms with Gasteiger partial charge in [-0.3, -0.25) is 0 Å². The molecule has 2 aliphatic rings. The molecular weight excluding hydrogens is 392 g/mol. The summed E-state index contributed by atoms with van der Waals surface area (Å²) >= 11 is 1.67. The molecule has 1 aromatic heterocycles. The van der Waals surface area contributed by atoms with Crippen molar-refractivity contribution in [2.45, 2.75) is 64.5 Å². The van der Waals surface area contributed by atoms with Crippen molar-refractivity contribution >= 4 is 11.8 Å². The predicted molar refractivity (Wildman–Crippen MR) is 123 cm³/mol. The van der Waals surface area contributed by atoms with E-state index in [0.717, 1.165) is 29.4 Å². The highest BCUT2D eigenvalue weighted by Gasteiger charge is 2.52. The number of ether oxygens (including phenoxy) is 1. The number of benzene rings is 1. The van der Waals surface area contributed by atoms with Crippen molar-refractivity contribution in [3.63, 3.8) is 0 Å². The van der Waals surface area contributed by atoms with Crippen LogP contribution < -0.4 is 4.74 Å². The van der Waals surface area contributed by atoms with Gasteiger partial charge in [-0.05, 0) is 79.0 Å². The molecule has 2 aliphatic carbocycles. The van der Waals surface area contributed by atoms with Crippen molar-refractivity contribution in [2.24, 2.45) is 22.7 Å². The van der Waals surface area contributed by atoms with Gasteiger partial charge in [-0.2, -0.15) is 0 Å². The molecule has 2 fully saturated rings. The second-order valence-corrected chi connectivity index (χ2v) is 10.9. The van der Waals surface area contributed by atoms with Gasteiger partial charge in [-0.1, -0.05) is 51.1 Å². The monoisotopic (exact) mass is 426 g/mol. The second kappa shape index (κ2) is 8.41. The molecule has 1 aromatic carbocycles. The van der Waals surface area contributed by atoms with Gasteiger partial charge in [0.25, 0.3) is 5.22 Å². The molecule has 0 aliphatic heterocycles. The molecule has 0 radical (unpaired) electrons. The zero-order valence-electron chi connectivity index (χ0n) is 18.7. The average molecular weight is 427 g/mol. The second-order valence-electron chi connectivity index (χ2n) is 9.89. The Labute approximate surface area is 184 Å². The van der Waals surface area contributed by atoms with Crippen LogP contribution in [0.1, 0.15) is 59.3 Å². The van der Waals surface area contributed by atoms with Gasteiger partial charge in [0.2, 0.25) is 5.89 Å². The summed E-state index contributed by atoms with van der Waals surface area (Å²) in [7, 11) is 1.66. The number of allylic oxidation sites excluding steroid dienone is 1. The van der Waals surface area contributed by atoms with E-state index in [1.807, 2.05) is 24.3 Å². The maximum atomic E-state index is 5.90. The van der Waals surface area contributed by atoms with Crippen molar-refractivity contribution in [2.75, 3.05) is 12.9 Å². The molecule has 0 unspecified atom stereocenters. The Morgan fingerprint density at radius 3 is 2.67 bits per heavy atom. The molecule has 0 bridgehead atoms. The number of hydrogen-bond acceptors (Lipinski definition) is 5. The Hall–Kier alpha value is -1.75. The molecular formula is C25H34N2O2S. The summed E-state index contributed by atoms with van der Waals surface area (Å²) < 4.78 is 11.1. The van der Waals surface area contributed by atoms with Gasteiger partial charge < -0.3 is 9.15 Å². The van der Waals surface area contributed by atoms with E-state index < -0.39 is 0 Å². The Morgan fingerprint density at radius 2 is 1.93 bits per heavy atom.